The number of nitrogens with one attached hydrogen (secondary N) is 3. The van der Waals surface area contributed by atoms with E-state index in [4.69, 9.17) is 26.1 Å². The highest BCUT2D eigenvalue weighted by Crippen LogP contribution is 2.44. The Bertz CT molecular complexity index is 3020. The topological polar surface area (TPSA) is 177 Å². The average Bonchev–Trinajstić information content (AvgIpc) is 3.92. The van der Waals surface area contributed by atoms with Crippen LogP contribution in [0, 0.1) is 15.5 Å². The molecule has 1 atom stereocenters. The molecule has 0 unspecified atom stereocenters. The molecule has 0 spiro atoms. The number of aromatic nitrogens is 3. The molecule has 67 heavy (non-hydrogen) atoms. The van der Waals surface area contributed by atoms with Gasteiger partial charge in [-0.15, -0.1) is 0 Å². The highest BCUT2D eigenvalue weighted by atomic mass is 35.5. The number of aromatic amines is 1. The number of amides is 1. The number of hydrogen-bond acceptors (Lipinski definition) is 11. The van der Waals surface area contributed by atoms with Gasteiger partial charge in [0.05, 0.1) is 58.0 Å². The van der Waals surface area contributed by atoms with Crippen LogP contribution in [0.15, 0.2) is 89.5 Å². The van der Waals surface area contributed by atoms with Crippen LogP contribution in [0.1, 0.15) is 73.1 Å². The Balaban J connectivity index is 0.962. The summed E-state index contributed by atoms with van der Waals surface area (Å²) in [6.07, 6.45) is 8.30. The van der Waals surface area contributed by atoms with Gasteiger partial charge in [-0.25, -0.2) is 18.1 Å². The van der Waals surface area contributed by atoms with Crippen LogP contribution < -0.4 is 14.9 Å². The van der Waals surface area contributed by atoms with Crippen molar-refractivity contribution in [2.24, 2.45) is 5.41 Å². The standard InChI is InChI=1S/C50H55ClN8O7S/c1-50(2)17-15-34(41(28-50)32-7-9-35(51)10-8-32)30-56-19-21-57(22-20-56)36-11-13-40(44(26-36)58-43-6-4-3-5-39(43)47-46(58)25-33-16-18-52-48(33)54-47)49(60)55-67(63,64)38-12-14-42(45(27-38)59(61)62)53-29-37-31-65-23-24-66-37/h7-14,16,18,25-27,37,53H,3-6,15,17,19-24,28-31H2,1-2H3,(H,52,54)(H,55,60)/t37-/m0/s1. The molecule has 3 N–H and O–H groups in total. The minimum atomic E-state index is -4.59. The fourth-order valence-corrected chi connectivity index (χ4v) is 11.4. The Morgan fingerprint density at radius 2 is 1.79 bits per heavy atom. The molecule has 0 bridgehead atoms. The number of hydrogen-bond donors (Lipinski definition) is 3. The molecule has 0 saturated carbocycles. The molecular formula is C50H55ClN8O7S. The number of carbonyl (C=O) groups excluding carboxylic acids is 1. The van der Waals surface area contributed by atoms with E-state index >= 15 is 0 Å². The summed E-state index contributed by atoms with van der Waals surface area (Å²) >= 11 is 6.29. The Kier molecular flexibility index (Phi) is 12.3. The van der Waals surface area contributed by atoms with E-state index in [0.29, 0.717) is 25.5 Å². The summed E-state index contributed by atoms with van der Waals surface area (Å²) < 4.78 is 43.6. The number of anilines is 2. The maximum absolute atomic E-state index is 14.6. The van der Waals surface area contributed by atoms with Crippen LogP contribution in [0.3, 0.4) is 0 Å². The number of pyridine rings is 1. The van der Waals surface area contributed by atoms with Gasteiger partial charge in [0, 0.05) is 73.3 Å². The first-order valence-corrected chi connectivity index (χ1v) is 25.0. The molecule has 5 heterocycles. The van der Waals surface area contributed by atoms with Crippen LogP contribution in [0.4, 0.5) is 17.1 Å². The van der Waals surface area contributed by atoms with E-state index in [-0.39, 0.29) is 29.3 Å². The molecule has 2 aliphatic carbocycles. The van der Waals surface area contributed by atoms with Crippen molar-refractivity contribution in [3.63, 3.8) is 0 Å². The molecule has 15 nitrogen and oxygen atoms in total. The van der Waals surface area contributed by atoms with E-state index in [0.717, 1.165) is 128 Å². The van der Waals surface area contributed by atoms with Gasteiger partial charge in [0.25, 0.3) is 21.6 Å². The maximum Gasteiger partial charge on any atom is 0.293 e. The minimum absolute atomic E-state index is 0.121. The van der Waals surface area contributed by atoms with Gasteiger partial charge in [-0.3, -0.25) is 19.8 Å². The minimum Gasteiger partial charge on any atom is -0.377 e. The molecule has 3 aromatic carbocycles. The summed E-state index contributed by atoms with van der Waals surface area (Å²) in [5.41, 5.74) is 10.3. The van der Waals surface area contributed by atoms with Crippen LogP contribution in [0.25, 0.3) is 33.3 Å². The molecule has 10 rings (SSSR count). The van der Waals surface area contributed by atoms with E-state index < -0.39 is 31.4 Å². The number of allylic oxidation sites excluding steroid dienone is 1. The van der Waals surface area contributed by atoms with Gasteiger partial charge >= 0.3 is 0 Å². The zero-order valence-corrected chi connectivity index (χ0v) is 39.3. The molecule has 1 amide bonds. The molecule has 2 saturated heterocycles. The van der Waals surface area contributed by atoms with E-state index in [9.17, 15) is 23.3 Å². The predicted octanol–water partition coefficient (Wildman–Crippen LogP) is 8.68. The number of aryl methyl sites for hydroxylation is 1. The number of benzene rings is 3. The third kappa shape index (κ3) is 9.29. The van der Waals surface area contributed by atoms with E-state index in [2.05, 4.69) is 61.4 Å². The number of fused-ring (bicyclic) bond motifs is 4. The molecule has 17 heteroatoms. The number of piperazine rings is 1. The lowest BCUT2D eigenvalue weighted by molar-refractivity contribution is -0.384. The normalized spacial score (nSPS) is 19.1. The van der Waals surface area contributed by atoms with Crippen molar-refractivity contribution in [3.8, 4) is 5.69 Å². The van der Waals surface area contributed by atoms with E-state index in [1.54, 1.807) is 6.07 Å². The third-order valence-electron chi connectivity index (χ3n) is 13.9. The monoisotopic (exact) mass is 946 g/mol. The third-order valence-corrected chi connectivity index (χ3v) is 15.4. The van der Waals surface area contributed by atoms with Gasteiger partial charge in [-0.05, 0) is 122 Å². The van der Waals surface area contributed by atoms with Crippen molar-refractivity contribution in [1.82, 2.24) is 24.2 Å². The molecule has 2 fully saturated rings. The van der Waals surface area contributed by atoms with Gasteiger partial charge in [0.2, 0.25) is 0 Å². The SMILES string of the molecule is CC1(C)CCC(CN2CCN(c3ccc(C(=O)NS(=O)(=O)c4ccc(NC[C@H]5COCCO5)c([N+](=O)[O-])c4)c(-n4c5c(c6nc7[nH]ccc7cc64)CCCC5)c3)CC2)=C(c2ccc(Cl)cc2)C1. The molecule has 350 valence electrons. The summed E-state index contributed by atoms with van der Waals surface area (Å²) in [6.45, 7) is 10.2. The smallest absolute Gasteiger partial charge is 0.293 e. The van der Waals surface area contributed by atoms with Gasteiger partial charge in [-0.2, -0.15) is 0 Å². The highest BCUT2D eigenvalue weighted by Gasteiger charge is 2.32. The van der Waals surface area contributed by atoms with Crippen molar-refractivity contribution < 1.29 is 27.6 Å². The fourth-order valence-electron chi connectivity index (χ4n) is 10.3. The number of sulfonamides is 1. The van der Waals surface area contributed by atoms with Crippen LogP contribution in [-0.4, -0.2) is 104 Å². The van der Waals surface area contributed by atoms with Crippen molar-refractivity contribution >= 4 is 72.2 Å². The van der Waals surface area contributed by atoms with Crippen LogP contribution in [0.2, 0.25) is 5.02 Å². The fraction of sp³-hybridized carbons (Fsp3) is 0.400. The second-order valence-electron chi connectivity index (χ2n) is 19.0. The molecule has 0 radical (unpaired) electrons. The number of nitro groups is 1. The van der Waals surface area contributed by atoms with Crippen molar-refractivity contribution in [2.45, 2.75) is 69.8 Å². The second-order valence-corrected chi connectivity index (χ2v) is 21.1. The summed E-state index contributed by atoms with van der Waals surface area (Å²) in [7, 11) is -4.59. The zero-order valence-electron chi connectivity index (χ0n) is 37.8. The highest BCUT2D eigenvalue weighted by molar-refractivity contribution is 7.90. The average molecular weight is 948 g/mol. The Morgan fingerprint density at radius 3 is 2.57 bits per heavy atom. The first kappa shape index (κ1) is 45.0. The molecule has 3 aromatic heterocycles. The Hall–Kier alpha value is -5.78. The van der Waals surface area contributed by atoms with Crippen molar-refractivity contribution in [3.05, 3.63) is 122 Å². The summed E-state index contributed by atoms with van der Waals surface area (Å²) in [5.74, 6) is -0.854. The number of rotatable bonds is 12. The summed E-state index contributed by atoms with van der Waals surface area (Å²) in [5, 5.41) is 16.9. The van der Waals surface area contributed by atoms with Crippen molar-refractivity contribution in [2.75, 3.05) is 69.3 Å². The van der Waals surface area contributed by atoms with Crippen molar-refractivity contribution in [1.29, 1.82) is 0 Å². The van der Waals surface area contributed by atoms with Gasteiger partial charge in [0.1, 0.15) is 11.3 Å². The first-order valence-electron chi connectivity index (χ1n) is 23.2. The number of nitrogens with zero attached hydrogens (tertiary/aromatic N) is 5. The van der Waals surface area contributed by atoms with Gasteiger partial charge < -0.3 is 29.2 Å². The van der Waals surface area contributed by atoms with Crippen LogP contribution >= 0.6 is 11.6 Å². The predicted molar refractivity (Wildman–Crippen MR) is 261 cm³/mol. The Labute approximate surface area is 394 Å². The lowest BCUT2D eigenvalue weighted by Crippen LogP contribution is -2.47. The lowest BCUT2D eigenvalue weighted by atomic mass is 9.72. The molecule has 6 aromatic rings. The lowest BCUT2D eigenvalue weighted by Gasteiger charge is -2.39. The van der Waals surface area contributed by atoms with E-state index in [1.807, 2.05) is 36.5 Å². The molecule has 2 aliphatic heterocycles. The first-order chi connectivity index (χ1) is 32.3. The number of ether oxygens (including phenoxy) is 2. The molecular weight excluding hydrogens is 892 g/mol. The Morgan fingerprint density at radius 1 is 0.985 bits per heavy atom. The van der Waals surface area contributed by atoms with Crippen LogP contribution in [-0.2, 0) is 32.3 Å². The van der Waals surface area contributed by atoms with Gasteiger partial charge in [0.15, 0.2) is 0 Å². The zero-order chi connectivity index (χ0) is 46.5. The van der Waals surface area contributed by atoms with Crippen LogP contribution in [0.5, 0.6) is 0 Å². The molecule has 4 aliphatic rings. The summed E-state index contributed by atoms with van der Waals surface area (Å²) in [4.78, 5) is 38.9. The number of H-pyrrole nitrogens is 1. The largest absolute Gasteiger partial charge is 0.377 e. The van der Waals surface area contributed by atoms with Gasteiger partial charge in [-0.1, -0.05) is 43.2 Å². The maximum atomic E-state index is 14.6. The number of nitro benzene ring substituents is 1. The second kappa shape index (κ2) is 18.4. The number of carbonyl (C=O) groups is 1. The number of halogens is 1. The van der Waals surface area contributed by atoms with E-state index in [1.165, 1.54) is 28.8 Å². The quantitative estimate of drug-likeness (QED) is 0.0790. The summed E-state index contributed by atoms with van der Waals surface area (Å²) in [6, 6.07) is 21.4.